The summed E-state index contributed by atoms with van der Waals surface area (Å²) in [6.07, 6.45) is 3.22. The normalized spacial score (nSPS) is 10.2. The quantitative estimate of drug-likeness (QED) is 0.793. The van der Waals surface area contributed by atoms with E-state index < -0.39 is 5.82 Å². The van der Waals surface area contributed by atoms with Crippen molar-refractivity contribution in [2.45, 2.75) is 6.92 Å². The molecule has 0 aliphatic heterocycles. The van der Waals surface area contributed by atoms with E-state index in [9.17, 15) is 4.39 Å². The van der Waals surface area contributed by atoms with Gasteiger partial charge in [-0.2, -0.15) is 0 Å². The Hall–Kier alpha value is -1.24. The van der Waals surface area contributed by atoms with Crippen molar-refractivity contribution in [3.05, 3.63) is 45.5 Å². The Morgan fingerprint density at radius 2 is 1.94 bits per heavy atom. The van der Waals surface area contributed by atoms with E-state index in [-0.39, 0.29) is 11.8 Å². The molecule has 1 aromatic heterocycles. The lowest BCUT2D eigenvalue weighted by Gasteiger charge is -2.05. The number of halogens is 2. The first kappa shape index (κ1) is 11.3. The standard InChI is InChI=1S/C11H8FIN2O/c1-7-2-3-9(12)10(4-7)16-11-14-5-8(13)6-15-11/h2-6H,1H3. The van der Waals surface area contributed by atoms with E-state index in [4.69, 9.17) is 4.74 Å². The molecule has 0 saturated heterocycles. The summed E-state index contributed by atoms with van der Waals surface area (Å²) in [5.41, 5.74) is 0.918. The van der Waals surface area contributed by atoms with Crippen molar-refractivity contribution >= 4 is 22.6 Å². The van der Waals surface area contributed by atoms with Crippen LogP contribution in [0.5, 0.6) is 11.8 Å². The first-order chi connectivity index (χ1) is 7.65. The topological polar surface area (TPSA) is 35.0 Å². The SMILES string of the molecule is Cc1ccc(F)c(Oc2ncc(I)cn2)c1. The van der Waals surface area contributed by atoms with Gasteiger partial charge in [-0.15, -0.1) is 0 Å². The fraction of sp³-hybridized carbons (Fsp3) is 0.0909. The summed E-state index contributed by atoms with van der Waals surface area (Å²) in [7, 11) is 0. The Morgan fingerprint density at radius 3 is 2.62 bits per heavy atom. The molecule has 0 atom stereocenters. The van der Waals surface area contributed by atoms with E-state index in [2.05, 4.69) is 32.6 Å². The van der Waals surface area contributed by atoms with Gasteiger partial charge in [-0.05, 0) is 47.2 Å². The van der Waals surface area contributed by atoms with Crippen LogP contribution < -0.4 is 4.74 Å². The average molecular weight is 330 g/mol. The largest absolute Gasteiger partial charge is 0.421 e. The Labute approximate surface area is 106 Å². The second-order valence-electron chi connectivity index (χ2n) is 3.22. The lowest BCUT2D eigenvalue weighted by Crippen LogP contribution is -1.94. The van der Waals surface area contributed by atoms with Gasteiger partial charge in [-0.25, -0.2) is 14.4 Å². The van der Waals surface area contributed by atoms with Gasteiger partial charge in [0.25, 0.3) is 0 Å². The second kappa shape index (κ2) is 4.73. The fourth-order valence-electron chi connectivity index (χ4n) is 1.14. The third-order valence-electron chi connectivity index (χ3n) is 1.88. The molecule has 0 N–H and O–H groups in total. The number of ether oxygens (including phenoxy) is 1. The van der Waals surface area contributed by atoms with Gasteiger partial charge in [0.15, 0.2) is 11.6 Å². The molecular weight excluding hydrogens is 322 g/mol. The molecule has 0 aliphatic rings. The van der Waals surface area contributed by atoms with E-state index >= 15 is 0 Å². The Kier molecular flexibility index (Phi) is 3.33. The maximum atomic E-state index is 13.4. The van der Waals surface area contributed by atoms with Crippen LogP contribution in [0.3, 0.4) is 0 Å². The van der Waals surface area contributed by atoms with Crippen LogP contribution in [-0.4, -0.2) is 9.97 Å². The molecule has 0 radical (unpaired) electrons. The maximum Gasteiger partial charge on any atom is 0.322 e. The van der Waals surface area contributed by atoms with E-state index in [0.717, 1.165) is 9.13 Å². The summed E-state index contributed by atoms with van der Waals surface area (Å²) in [5, 5.41) is 0. The molecule has 1 heterocycles. The molecule has 0 bridgehead atoms. The highest BCUT2D eigenvalue weighted by atomic mass is 127. The first-order valence-corrected chi connectivity index (χ1v) is 5.64. The van der Waals surface area contributed by atoms with Gasteiger partial charge < -0.3 is 4.74 Å². The Bertz CT molecular complexity index is 502. The smallest absolute Gasteiger partial charge is 0.322 e. The molecule has 0 unspecified atom stereocenters. The van der Waals surface area contributed by atoms with Gasteiger partial charge >= 0.3 is 6.01 Å². The minimum absolute atomic E-state index is 0.140. The summed E-state index contributed by atoms with van der Waals surface area (Å²) in [6.45, 7) is 1.86. The molecule has 5 heteroatoms. The molecule has 0 amide bonds. The van der Waals surface area contributed by atoms with Crippen molar-refractivity contribution in [3.8, 4) is 11.8 Å². The van der Waals surface area contributed by atoms with Crippen LogP contribution in [0, 0.1) is 16.3 Å². The van der Waals surface area contributed by atoms with Crippen molar-refractivity contribution < 1.29 is 9.13 Å². The van der Waals surface area contributed by atoms with Crippen LogP contribution in [0.25, 0.3) is 0 Å². The minimum Gasteiger partial charge on any atom is -0.421 e. The number of rotatable bonds is 2. The second-order valence-corrected chi connectivity index (χ2v) is 4.47. The molecule has 82 valence electrons. The van der Waals surface area contributed by atoms with E-state index in [1.54, 1.807) is 24.5 Å². The minimum atomic E-state index is -0.423. The van der Waals surface area contributed by atoms with Gasteiger partial charge in [-0.3, -0.25) is 0 Å². The monoisotopic (exact) mass is 330 g/mol. The molecular formula is C11H8FIN2O. The molecule has 0 saturated carbocycles. The van der Waals surface area contributed by atoms with Crippen molar-refractivity contribution in [1.29, 1.82) is 0 Å². The molecule has 1 aromatic carbocycles. The summed E-state index contributed by atoms with van der Waals surface area (Å²) in [4.78, 5) is 7.87. The summed E-state index contributed by atoms with van der Waals surface area (Å²) in [5.74, 6) is -0.283. The summed E-state index contributed by atoms with van der Waals surface area (Å²) in [6, 6.07) is 4.79. The van der Waals surface area contributed by atoms with Crippen LogP contribution in [0.15, 0.2) is 30.6 Å². The van der Waals surface area contributed by atoms with Crippen molar-refractivity contribution in [1.82, 2.24) is 9.97 Å². The van der Waals surface area contributed by atoms with Crippen molar-refractivity contribution in [2.75, 3.05) is 0 Å². The van der Waals surface area contributed by atoms with Gasteiger partial charge in [0.05, 0.1) is 0 Å². The van der Waals surface area contributed by atoms with E-state index in [0.29, 0.717) is 0 Å². The zero-order valence-corrected chi connectivity index (χ0v) is 10.6. The summed E-state index contributed by atoms with van der Waals surface area (Å²) < 4.78 is 19.5. The van der Waals surface area contributed by atoms with E-state index in [1.165, 1.54) is 6.07 Å². The number of hydrogen-bond donors (Lipinski definition) is 0. The number of aromatic nitrogens is 2. The summed E-state index contributed by atoms with van der Waals surface area (Å²) >= 11 is 2.08. The van der Waals surface area contributed by atoms with Crippen LogP contribution in [0.1, 0.15) is 5.56 Å². The fourth-order valence-corrected chi connectivity index (χ4v) is 1.42. The van der Waals surface area contributed by atoms with Gasteiger partial charge in [0, 0.05) is 16.0 Å². The maximum absolute atomic E-state index is 13.4. The predicted octanol–water partition coefficient (Wildman–Crippen LogP) is 3.32. The molecule has 16 heavy (non-hydrogen) atoms. The molecule has 2 aromatic rings. The molecule has 3 nitrogen and oxygen atoms in total. The van der Waals surface area contributed by atoms with Crippen LogP contribution in [0.4, 0.5) is 4.39 Å². The average Bonchev–Trinajstić information content (AvgIpc) is 2.27. The number of hydrogen-bond acceptors (Lipinski definition) is 3. The third kappa shape index (κ3) is 2.66. The lowest BCUT2D eigenvalue weighted by atomic mass is 10.2. The van der Waals surface area contributed by atoms with Gasteiger partial charge in [-0.1, -0.05) is 6.07 Å². The van der Waals surface area contributed by atoms with Crippen molar-refractivity contribution in [3.63, 3.8) is 0 Å². The van der Waals surface area contributed by atoms with E-state index in [1.807, 2.05) is 6.92 Å². The van der Waals surface area contributed by atoms with Crippen LogP contribution >= 0.6 is 22.6 Å². The van der Waals surface area contributed by atoms with Crippen LogP contribution in [-0.2, 0) is 0 Å². The number of benzene rings is 1. The number of nitrogens with zero attached hydrogens (tertiary/aromatic N) is 2. The zero-order chi connectivity index (χ0) is 11.5. The molecule has 2 rings (SSSR count). The lowest BCUT2D eigenvalue weighted by molar-refractivity contribution is 0.410. The van der Waals surface area contributed by atoms with Crippen LogP contribution in [0.2, 0.25) is 0 Å². The molecule has 0 aliphatic carbocycles. The number of aryl methyl sites for hydroxylation is 1. The molecule has 0 fully saturated rings. The molecule has 0 spiro atoms. The Balaban J connectivity index is 2.26. The Morgan fingerprint density at radius 1 is 1.25 bits per heavy atom. The first-order valence-electron chi connectivity index (χ1n) is 4.57. The highest BCUT2D eigenvalue weighted by molar-refractivity contribution is 14.1. The highest BCUT2D eigenvalue weighted by Gasteiger charge is 2.06. The van der Waals surface area contributed by atoms with Gasteiger partial charge in [0.1, 0.15) is 0 Å². The van der Waals surface area contributed by atoms with Crippen molar-refractivity contribution in [2.24, 2.45) is 0 Å². The highest BCUT2D eigenvalue weighted by Crippen LogP contribution is 2.22. The zero-order valence-electron chi connectivity index (χ0n) is 8.45. The van der Waals surface area contributed by atoms with Gasteiger partial charge in [0.2, 0.25) is 0 Å². The third-order valence-corrected chi connectivity index (χ3v) is 2.44. The predicted molar refractivity (Wildman–Crippen MR) is 66.0 cm³/mol.